The minimum absolute atomic E-state index is 0.964. The van der Waals surface area contributed by atoms with Gasteiger partial charge in [0.2, 0.25) is 0 Å². The molecule has 29 heavy (non-hydrogen) atoms. The van der Waals surface area contributed by atoms with Crippen molar-refractivity contribution in [2.75, 3.05) is 0 Å². The number of hydrogen-bond acceptors (Lipinski definition) is 3. The Morgan fingerprint density at radius 3 is 1.31 bits per heavy atom. The Morgan fingerprint density at radius 1 is 0.414 bits per heavy atom. The minimum atomic E-state index is 0.964. The van der Waals surface area contributed by atoms with Crippen molar-refractivity contribution in [2.24, 2.45) is 0 Å². The van der Waals surface area contributed by atoms with Crippen molar-refractivity contribution in [2.45, 2.75) is 70.1 Å². The fourth-order valence-corrected chi connectivity index (χ4v) is 5.28. The largest absolute Gasteiger partial charge is 0.143 e. The predicted molar refractivity (Wildman–Crippen MR) is 137 cm³/mol. The molecular formula is C26H30S3. The summed E-state index contributed by atoms with van der Waals surface area (Å²) in [5, 5.41) is 0. The van der Waals surface area contributed by atoms with Gasteiger partial charge in [-0.05, 0) is 128 Å². The lowest BCUT2D eigenvalue weighted by Gasteiger charge is -2.21. The Morgan fingerprint density at radius 2 is 0.793 bits per heavy atom. The van der Waals surface area contributed by atoms with Gasteiger partial charge in [-0.25, -0.2) is 0 Å². The zero-order valence-corrected chi connectivity index (χ0v) is 21.3. The summed E-state index contributed by atoms with van der Waals surface area (Å²) in [5.74, 6) is 0. The fourth-order valence-electron chi connectivity index (χ4n) is 4.39. The third-order valence-electron chi connectivity index (χ3n) is 6.49. The molecule has 0 nitrogen and oxygen atoms in total. The van der Waals surface area contributed by atoms with Crippen molar-refractivity contribution in [3.05, 3.63) is 62.7 Å². The average molecular weight is 439 g/mol. The molecule has 3 heteroatoms. The highest BCUT2D eigenvalue weighted by Crippen LogP contribution is 2.41. The molecule has 0 amide bonds. The van der Waals surface area contributed by atoms with Crippen molar-refractivity contribution >= 4 is 37.9 Å². The monoisotopic (exact) mass is 438 g/mol. The molecule has 0 heterocycles. The van der Waals surface area contributed by atoms with E-state index >= 15 is 0 Å². The van der Waals surface area contributed by atoms with E-state index in [0.717, 1.165) is 14.7 Å². The second-order valence-corrected chi connectivity index (χ2v) is 9.60. The molecule has 0 N–H and O–H groups in total. The van der Waals surface area contributed by atoms with Crippen molar-refractivity contribution in [3.63, 3.8) is 0 Å². The van der Waals surface area contributed by atoms with Gasteiger partial charge in [0.25, 0.3) is 0 Å². The normalized spacial score (nSPS) is 11.3. The molecule has 0 bridgehead atoms. The van der Waals surface area contributed by atoms with Crippen molar-refractivity contribution < 1.29 is 0 Å². The molecule has 0 saturated heterocycles. The molecule has 3 aromatic rings. The van der Waals surface area contributed by atoms with Crippen LogP contribution in [0, 0.1) is 55.4 Å². The number of aryl methyl sites for hydroxylation is 1. The van der Waals surface area contributed by atoms with E-state index in [1.165, 1.54) is 66.8 Å². The maximum absolute atomic E-state index is 4.82. The fraction of sp³-hybridized carbons (Fsp3) is 0.308. The molecule has 0 aliphatic heterocycles. The summed E-state index contributed by atoms with van der Waals surface area (Å²) < 4.78 is 0. The van der Waals surface area contributed by atoms with E-state index in [2.05, 4.69) is 86.2 Å². The molecule has 0 unspecified atom stereocenters. The van der Waals surface area contributed by atoms with Crippen LogP contribution >= 0.6 is 37.9 Å². The van der Waals surface area contributed by atoms with Gasteiger partial charge in [0.05, 0.1) is 0 Å². The van der Waals surface area contributed by atoms with Crippen LogP contribution in [0.1, 0.15) is 44.5 Å². The summed E-state index contributed by atoms with van der Waals surface area (Å²) in [6, 6.07) is 6.88. The van der Waals surface area contributed by atoms with Gasteiger partial charge in [0.15, 0.2) is 0 Å². The lowest BCUT2D eigenvalue weighted by Crippen LogP contribution is -2.00. The third-order valence-corrected chi connectivity index (χ3v) is 8.45. The minimum Gasteiger partial charge on any atom is -0.143 e. The van der Waals surface area contributed by atoms with Gasteiger partial charge in [0, 0.05) is 14.7 Å². The van der Waals surface area contributed by atoms with Gasteiger partial charge in [-0.1, -0.05) is 12.1 Å². The quantitative estimate of drug-likeness (QED) is 0.329. The maximum atomic E-state index is 4.82. The zero-order valence-electron chi connectivity index (χ0n) is 18.6. The zero-order chi connectivity index (χ0) is 21.8. The van der Waals surface area contributed by atoms with Gasteiger partial charge in [0.1, 0.15) is 0 Å². The Hall–Kier alpha value is -1.29. The van der Waals surface area contributed by atoms with Gasteiger partial charge < -0.3 is 0 Å². The Balaban J connectivity index is 2.37. The Bertz CT molecular complexity index is 1010. The summed E-state index contributed by atoms with van der Waals surface area (Å²) in [6.07, 6.45) is 0. The first-order chi connectivity index (χ1) is 13.5. The second kappa shape index (κ2) is 8.09. The highest BCUT2D eigenvalue weighted by atomic mass is 32.1. The second-order valence-electron chi connectivity index (χ2n) is 8.26. The van der Waals surface area contributed by atoms with Gasteiger partial charge in [-0.2, -0.15) is 0 Å². The molecule has 0 spiro atoms. The summed E-state index contributed by atoms with van der Waals surface area (Å²) in [7, 11) is 0. The molecule has 0 aliphatic rings. The number of benzene rings is 3. The van der Waals surface area contributed by atoms with Crippen LogP contribution in [0.3, 0.4) is 0 Å². The number of hydrogen-bond donors (Lipinski definition) is 3. The molecule has 0 atom stereocenters. The smallest absolute Gasteiger partial charge is 0.0212 e. The number of thiol groups is 3. The van der Waals surface area contributed by atoms with E-state index in [9.17, 15) is 0 Å². The van der Waals surface area contributed by atoms with E-state index in [1.807, 2.05) is 0 Å². The molecule has 0 saturated carbocycles. The van der Waals surface area contributed by atoms with Gasteiger partial charge >= 0.3 is 0 Å². The lowest BCUT2D eigenvalue weighted by molar-refractivity contribution is 1.10. The van der Waals surface area contributed by atoms with E-state index in [4.69, 9.17) is 25.3 Å². The average Bonchev–Trinajstić information content (AvgIpc) is 2.67. The molecule has 0 aromatic heterocycles. The molecule has 152 valence electrons. The molecule has 0 aliphatic carbocycles. The van der Waals surface area contributed by atoms with Crippen LogP contribution in [-0.4, -0.2) is 0 Å². The highest BCUT2D eigenvalue weighted by molar-refractivity contribution is 7.83. The predicted octanol–water partition coefficient (Wildman–Crippen LogP) is 8.35. The van der Waals surface area contributed by atoms with Crippen molar-refractivity contribution in [1.82, 2.24) is 0 Å². The first-order valence-electron chi connectivity index (χ1n) is 9.90. The van der Waals surface area contributed by atoms with Crippen LogP contribution < -0.4 is 0 Å². The summed E-state index contributed by atoms with van der Waals surface area (Å²) in [4.78, 5) is 3.03. The van der Waals surface area contributed by atoms with Crippen LogP contribution in [0.25, 0.3) is 22.3 Å². The van der Waals surface area contributed by atoms with Gasteiger partial charge in [-0.3, -0.25) is 0 Å². The van der Waals surface area contributed by atoms with Gasteiger partial charge in [-0.15, -0.1) is 37.9 Å². The number of rotatable bonds is 2. The Labute approximate surface area is 192 Å². The third kappa shape index (κ3) is 3.66. The Kier molecular flexibility index (Phi) is 6.25. The van der Waals surface area contributed by atoms with Crippen molar-refractivity contribution in [3.8, 4) is 22.3 Å². The van der Waals surface area contributed by atoms with Crippen LogP contribution in [0.4, 0.5) is 0 Å². The molecule has 3 aromatic carbocycles. The van der Waals surface area contributed by atoms with E-state index in [1.54, 1.807) is 0 Å². The van der Waals surface area contributed by atoms with Crippen LogP contribution in [0.5, 0.6) is 0 Å². The summed E-state index contributed by atoms with van der Waals surface area (Å²) in [6.45, 7) is 17.4. The van der Waals surface area contributed by atoms with E-state index < -0.39 is 0 Å². The first kappa shape index (κ1) is 22.4. The van der Waals surface area contributed by atoms with Crippen LogP contribution in [0.2, 0.25) is 0 Å². The lowest BCUT2D eigenvalue weighted by atomic mass is 9.86. The summed E-state index contributed by atoms with van der Waals surface area (Å²) in [5.41, 5.74) is 15.1. The maximum Gasteiger partial charge on any atom is 0.0212 e. The molecular weight excluding hydrogens is 408 g/mol. The van der Waals surface area contributed by atoms with Crippen LogP contribution in [0.15, 0.2) is 32.9 Å². The molecule has 3 rings (SSSR count). The van der Waals surface area contributed by atoms with E-state index in [0.29, 0.717) is 0 Å². The molecule has 0 radical (unpaired) electrons. The van der Waals surface area contributed by atoms with E-state index in [-0.39, 0.29) is 0 Å². The highest BCUT2D eigenvalue weighted by Gasteiger charge is 2.18. The first-order valence-corrected chi connectivity index (χ1v) is 11.2. The SMILES string of the molecule is Cc1cc(-c2c(C)c(C)c(C)c(S)c2C)cc(-c2c(C)c(C)c(S)c(S)c2C)c1. The van der Waals surface area contributed by atoms with Crippen LogP contribution in [-0.2, 0) is 0 Å². The summed E-state index contributed by atoms with van der Waals surface area (Å²) >= 11 is 14.3. The van der Waals surface area contributed by atoms with Crippen molar-refractivity contribution in [1.29, 1.82) is 0 Å². The standard InChI is InChI=1S/C26H30S3/c1-12-9-20(22-14(3)13(2)16(5)24(27)18(22)7)11-21(10-12)23-15(4)17(6)25(28)26(29)19(23)8/h9-11,27-29H,1-8H3. The molecule has 0 fully saturated rings. The topological polar surface area (TPSA) is 0 Å².